The monoisotopic (exact) mass is 169 g/mol. The van der Waals surface area contributed by atoms with E-state index in [1.807, 2.05) is 0 Å². The topological polar surface area (TPSA) is 44.5 Å². The Morgan fingerprint density at radius 1 is 1.50 bits per heavy atom. The van der Waals surface area contributed by atoms with Crippen LogP contribution in [-0.4, -0.2) is 18.1 Å². The van der Waals surface area contributed by atoms with Crippen LogP contribution < -0.4 is 4.74 Å². The van der Waals surface area contributed by atoms with E-state index >= 15 is 0 Å². The summed E-state index contributed by atoms with van der Waals surface area (Å²) >= 11 is 0. The predicted octanol–water partition coefficient (Wildman–Crippen LogP) is 1.58. The summed E-state index contributed by atoms with van der Waals surface area (Å²) in [4.78, 5) is 0. The van der Waals surface area contributed by atoms with Gasteiger partial charge in [0.25, 0.3) is 0 Å². The summed E-state index contributed by atoms with van der Waals surface area (Å²) in [7, 11) is 0. The van der Waals surface area contributed by atoms with Gasteiger partial charge in [0.2, 0.25) is 0 Å². The minimum Gasteiger partial charge on any atom is -0.460 e. The highest BCUT2D eigenvalue weighted by atomic mass is 16.7. The molecule has 1 aliphatic heterocycles. The summed E-state index contributed by atoms with van der Waals surface area (Å²) in [5.74, 6) is 0.641. The normalized spacial score (nSPS) is 23.8. The van der Waals surface area contributed by atoms with Gasteiger partial charge in [-0.3, -0.25) is 0 Å². The van der Waals surface area contributed by atoms with Crippen LogP contribution in [0.3, 0.4) is 0 Å². The van der Waals surface area contributed by atoms with Crippen molar-refractivity contribution in [2.24, 2.45) is 0 Å². The number of rotatable bonds is 2. The van der Waals surface area contributed by atoms with Crippen molar-refractivity contribution in [3.8, 4) is 5.75 Å². The lowest BCUT2D eigenvalue weighted by atomic mass is 10.2. The van der Waals surface area contributed by atoms with Gasteiger partial charge in [0.05, 0.1) is 6.61 Å². The third-order valence-corrected chi connectivity index (χ3v) is 1.82. The Morgan fingerprint density at radius 2 is 2.50 bits per heavy atom. The molecule has 1 aromatic heterocycles. The van der Waals surface area contributed by atoms with E-state index in [4.69, 9.17) is 9.47 Å². The first-order valence-corrected chi connectivity index (χ1v) is 4.13. The van der Waals surface area contributed by atoms with E-state index in [9.17, 15) is 0 Å². The maximum atomic E-state index is 5.42. The molecule has 0 saturated carbocycles. The summed E-state index contributed by atoms with van der Waals surface area (Å²) in [6.45, 7) is 0.788. The largest absolute Gasteiger partial charge is 0.460 e. The molecule has 1 saturated heterocycles. The Labute approximate surface area is 70.4 Å². The molecule has 1 fully saturated rings. The lowest BCUT2D eigenvalue weighted by molar-refractivity contribution is -0.106. The molecule has 2 heterocycles. The average molecular weight is 169 g/mol. The van der Waals surface area contributed by atoms with Gasteiger partial charge in [0.15, 0.2) is 18.3 Å². The second kappa shape index (κ2) is 3.58. The van der Waals surface area contributed by atoms with Crippen LogP contribution in [-0.2, 0) is 4.74 Å². The number of aromatic nitrogens is 1. The Kier molecular flexibility index (Phi) is 2.27. The molecule has 0 N–H and O–H groups in total. The zero-order chi connectivity index (χ0) is 8.23. The molecule has 4 nitrogen and oxygen atoms in total. The zero-order valence-electron chi connectivity index (χ0n) is 6.73. The summed E-state index contributed by atoms with van der Waals surface area (Å²) < 4.78 is 15.4. The highest BCUT2D eigenvalue weighted by Gasteiger charge is 2.15. The Morgan fingerprint density at radius 3 is 3.17 bits per heavy atom. The third kappa shape index (κ3) is 1.76. The summed E-state index contributed by atoms with van der Waals surface area (Å²) in [6, 6.07) is 0. The highest BCUT2D eigenvalue weighted by Crippen LogP contribution is 2.17. The molecule has 2 rings (SSSR count). The van der Waals surface area contributed by atoms with Crippen LogP contribution >= 0.6 is 0 Å². The van der Waals surface area contributed by atoms with E-state index in [0.29, 0.717) is 5.75 Å². The smallest absolute Gasteiger partial charge is 0.200 e. The first-order chi connectivity index (χ1) is 5.95. The number of hydrogen-bond acceptors (Lipinski definition) is 4. The molecule has 0 aliphatic carbocycles. The third-order valence-electron chi connectivity index (χ3n) is 1.82. The minimum absolute atomic E-state index is 0.113. The minimum atomic E-state index is -0.113. The van der Waals surface area contributed by atoms with Gasteiger partial charge in [-0.05, 0) is 12.8 Å². The maximum absolute atomic E-state index is 5.42. The molecule has 0 amide bonds. The average Bonchev–Trinajstić information content (AvgIpc) is 2.59. The first-order valence-electron chi connectivity index (χ1n) is 4.13. The van der Waals surface area contributed by atoms with E-state index < -0.39 is 0 Å². The van der Waals surface area contributed by atoms with Crippen molar-refractivity contribution >= 4 is 0 Å². The number of ether oxygens (including phenoxy) is 2. The zero-order valence-corrected chi connectivity index (χ0v) is 6.73. The molecule has 0 radical (unpaired) electrons. The first kappa shape index (κ1) is 7.61. The van der Waals surface area contributed by atoms with Crippen molar-refractivity contribution in [3.63, 3.8) is 0 Å². The molecular weight excluding hydrogens is 158 g/mol. The van der Waals surface area contributed by atoms with E-state index in [1.165, 1.54) is 12.5 Å². The SMILES string of the molecule is c1nocc1OC1CCCCO1. The maximum Gasteiger partial charge on any atom is 0.200 e. The van der Waals surface area contributed by atoms with Gasteiger partial charge in [-0.2, -0.15) is 0 Å². The van der Waals surface area contributed by atoms with Crippen molar-refractivity contribution in [2.75, 3.05) is 6.61 Å². The molecule has 1 aromatic rings. The Hall–Kier alpha value is -1.03. The van der Waals surface area contributed by atoms with Crippen LogP contribution in [0.2, 0.25) is 0 Å². The summed E-state index contributed by atoms with van der Waals surface area (Å²) in [5, 5.41) is 3.53. The molecule has 1 atom stereocenters. The molecule has 0 bridgehead atoms. The fraction of sp³-hybridized carbons (Fsp3) is 0.625. The standard InChI is InChI=1S/C8H11NO3/c1-2-4-10-8(3-1)12-7-5-9-11-6-7/h5-6,8H,1-4H2. The summed E-state index contributed by atoms with van der Waals surface area (Å²) in [6.07, 6.45) is 6.14. The van der Waals surface area contributed by atoms with Gasteiger partial charge < -0.3 is 14.0 Å². The fourth-order valence-corrected chi connectivity index (χ4v) is 1.21. The van der Waals surface area contributed by atoms with E-state index in [0.717, 1.165) is 25.9 Å². The van der Waals surface area contributed by atoms with Gasteiger partial charge in [-0.1, -0.05) is 5.16 Å². The molecule has 12 heavy (non-hydrogen) atoms. The Bertz CT molecular complexity index is 216. The van der Waals surface area contributed by atoms with Gasteiger partial charge in [0, 0.05) is 6.42 Å². The van der Waals surface area contributed by atoms with Gasteiger partial charge in [-0.25, -0.2) is 0 Å². The molecule has 0 spiro atoms. The quantitative estimate of drug-likeness (QED) is 0.674. The molecule has 0 aromatic carbocycles. The van der Waals surface area contributed by atoms with Gasteiger partial charge in [0.1, 0.15) is 6.20 Å². The lowest BCUT2D eigenvalue weighted by Gasteiger charge is -2.22. The van der Waals surface area contributed by atoms with Gasteiger partial charge >= 0.3 is 0 Å². The Balaban J connectivity index is 1.86. The molecule has 66 valence electrons. The van der Waals surface area contributed by atoms with Crippen LogP contribution in [0.25, 0.3) is 0 Å². The van der Waals surface area contributed by atoms with E-state index in [2.05, 4.69) is 9.68 Å². The van der Waals surface area contributed by atoms with Crippen molar-refractivity contribution in [1.82, 2.24) is 5.16 Å². The second-order valence-corrected chi connectivity index (χ2v) is 2.77. The highest BCUT2D eigenvalue weighted by molar-refractivity contribution is 5.08. The van der Waals surface area contributed by atoms with Crippen LogP contribution in [0, 0.1) is 0 Å². The van der Waals surface area contributed by atoms with Crippen molar-refractivity contribution in [2.45, 2.75) is 25.6 Å². The van der Waals surface area contributed by atoms with Crippen LogP contribution in [0.15, 0.2) is 17.0 Å². The van der Waals surface area contributed by atoms with Crippen LogP contribution in [0.4, 0.5) is 0 Å². The molecule has 1 aliphatic rings. The van der Waals surface area contributed by atoms with Crippen LogP contribution in [0.1, 0.15) is 19.3 Å². The molecular formula is C8H11NO3. The lowest BCUT2D eigenvalue weighted by Crippen LogP contribution is -2.24. The van der Waals surface area contributed by atoms with E-state index in [1.54, 1.807) is 0 Å². The van der Waals surface area contributed by atoms with Crippen molar-refractivity contribution in [1.29, 1.82) is 0 Å². The van der Waals surface area contributed by atoms with Gasteiger partial charge in [-0.15, -0.1) is 0 Å². The molecule has 4 heteroatoms. The van der Waals surface area contributed by atoms with Crippen LogP contribution in [0.5, 0.6) is 5.75 Å². The second-order valence-electron chi connectivity index (χ2n) is 2.77. The van der Waals surface area contributed by atoms with Crippen molar-refractivity contribution < 1.29 is 14.0 Å². The molecule has 1 unspecified atom stereocenters. The summed E-state index contributed by atoms with van der Waals surface area (Å²) in [5.41, 5.74) is 0. The number of hydrogen-bond donors (Lipinski definition) is 0. The predicted molar refractivity (Wildman–Crippen MR) is 40.7 cm³/mol. The van der Waals surface area contributed by atoms with Crippen molar-refractivity contribution in [3.05, 3.63) is 12.5 Å². The van der Waals surface area contributed by atoms with E-state index in [-0.39, 0.29) is 6.29 Å². The number of nitrogens with zero attached hydrogens (tertiary/aromatic N) is 1. The fourth-order valence-electron chi connectivity index (χ4n) is 1.21.